The lowest BCUT2D eigenvalue weighted by Crippen LogP contribution is -2.14. The Morgan fingerprint density at radius 2 is 1.82 bits per heavy atom. The Morgan fingerprint density at radius 1 is 1.11 bits per heavy atom. The fourth-order valence-corrected chi connectivity index (χ4v) is 5.19. The van der Waals surface area contributed by atoms with Crippen molar-refractivity contribution in [1.82, 2.24) is 0 Å². The van der Waals surface area contributed by atoms with Crippen LogP contribution in [0.4, 0.5) is 11.4 Å². The number of amides is 1. The summed E-state index contributed by atoms with van der Waals surface area (Å²) in [4.78, 5) is 13.0. The van der Waals surface area contributed by atoms with E-state index in [1.165, 1.54) is 11.8 Å². The molecule has 0 fully saturated rings. The number of carbonyl (C=O) groups excluding carboxylic acids is 1. The van der Waals surface area contributed by atoms with Gasteiger partial charge in [0.15, 0.2) is 0 Å². The van der Waals surface area contributed by atoms with E-state index in [0.29, 0.717) is 16.4 Å². The first-order chi connectivity index (χ1) is 13.3. The monoisotopic (exact) mass is 452 g/mol. The van der Waals surface area contributed by atoms with E-state index >= 15 is 0 Å². The molecule has 1 aromatic heterocycles. The molecule has 3 rings (SSSR count). The Bertz CT molecular complexity index is 1070. The van der Waals surface area contributed by atoms with Gasteiger partial charge >= 0.3 is 0 Å². The first-order valence-electron chi connectivity index (χ1n) is 8.19. The predicted molar refractivity (Wildman–Crippen MR) is 117 cm³/mol. The highest BCUT2D eigenvalue weighted by Gasteiger charge is 2.15. The van der Waals surface area contributed by atoms with Gasteiger partial charge in [0.05, 0.1) is 5.75 Å². The molecule has 1 heterocycles. The van der Waals surface area contributed by atoms with Crippen LogP contribution in [-0.2, 0) is 14.8 Å². The molecule has 0 unspecified atom stereocenters. The zero-order valence-corrected chi connectivity index (χ0v) is 18.0. The quantitative estimate of drug-likeness (QED) is 0.480. The standard InChI is InChI=1S/C19H17ClN2O3S3/c1-13-4-5-15(11-17(13)20)21-18(23)12-27-16-8-6-14(7-9-16)22-28(24,25)19-3-2-10-26-19/h2-11,22H,12H2,1H3,(H,21,23). The van der Waals surface area contributed by atoms with Gasteiger partial charge < -0.3 is 5.32 Å². The summed E-state index contributed by atoms with van der Waals surface area (Å²) in [7, 11) is -3.56. The van der Waals surface area contributed by atoms with E-state index in [4.69, 9.17) is 11.6 Å². The van der Waals surface area contributed by atoms with E-state index in [2.05, 4.69) is 10.0 Å². The highest BCUT2D eigenvalue weighted by molar-refractivity contribution is 8.00. The normalized spacial score (nSPS) is 11.2. The number of thioether (sulfide) groups is 1. The first-order valence-corrected chi connectivity index (χ1v) is 11.9. The number of halogens is 1. The van der Waals surface area contributed by atoms with Crippen molar-refractivity contribution in [2.75, 3.05) is 15.8 Å². The van der Waals surface area contributed by atoms with E-state index in [9.17, 15) is 13.2 Å². The summed E-state index contributed by atoms with van der Waals surface area (Å²) in [6, 6.07) is 15.5. The van der Waals surface area contributed by atoms with E-state index in [1.807, 2.05) is 13.0 Å². The van der Waals surface area contributed by atoms with Gasteiger partial charge in [0.25, 0.3) is 10.0 Å². The Kier molecular flexibility index (Phi) is 6.66. The summed E-state index contributed by atoms with van der Waals surface area (Å²) in [5, 5.41) is 5.12. The van der Waals surface area contributed by atoms with Crippen molar-refractivity contribution in [2.24, 2.45) is 0 Å². The zero-order valence-electron chi connectivity index (χ0n) is 14.8. The fourth-order valence-electron chi connectivity index (χ4n) is 2.26. The molecule has 0 aliphatic carbocycles. The van der Waals surface area contributed by atoms with Crippen LogP contribution in [0.15, 0.2) is 69.1 Å². The maximum Gasteiger partial charge on any atom is 0.271 e. The molecular weight excluding hydrogens is 436 g/mol. The van der Waals surface area contributed by atoms with E-state index < -0.39 is 10.0 Å². The highest BCUT2D eigenvalue weighted by atomic mass is 35.5. The van der Waals surface area contributed by atoms with Crippen molar-refractivity contribution in [3.8, 4) is 0 Å². The average Bonchev–Trinajstić information content (AvgIpc) is 3.20. The Labute approximate surface area is 177 Å². The van der Waals surface area contributed by atoms with Crippen molar-refractivity contribution < 1.29 is 13.2 Å². The molecule has 5 nitrogen and oxygen atoms in total. The topological polar surface area (TPSA) is 75.3 Å². The van der Waals surface area contributed by atoms with E-state index in [-0.39, 0.29) is 15.9 Å². The minimum atomic E-state index is -3.56. The van der Waals surface area contributed by atoms with Crippen LogP contribution >= 0.6 is 34.7 Å². The van der Waals surface area contributed by atoms with Crippen LogP contribution in [0.25, 0.3) is 0 Å². The molecule has 2 aromatic carbocycles. The summed E-state index contributed by atoms with van der Waals surface area (Å²) >= 11 is 8.58. The van der Waals surface area contributed by atoms with Crippen molar-refractivity contribution in [3.63, 3.8) is 0 Å². The molecule has 0 bridgehead atoms. The van der Waals surface area contributed by atoms with Gasteiger partial charge in [-0.1, -0.05) is 23.7 Å². The molecule has 0 spiro atoms. The number of benzene rings is 2. The Balaban J connectivity index is 1.54. The van der Waals surface area contributed by atoms with Gasteiger partial charge in [-0.25, -0.2) is 8.42 Å². The molecule has 0 atom stereocenters. The number of rotatable bonds is 7. The Morgan fingerprint density at radius 3 is 2.46 bits per heavy atom. The van der Waals surface area contributed by atoms with Crippen LogP contribution in [0.2, 0.25) is 5.02 Å². The lowest BCUT2D eigenvalue weighted by atomic mass is 10.2. The molecule has 146 valence electrons. The second kappa shape index (κ2) is 9.00. The average molecular weight is 453 g/mol. The third-order valence-electron chi connectivity index (χ3n) is 3.69. The summed E-state index contributed by atoms with van der Waals surface area (Å²) in [5.41, 5.74) is 2.07. The van der Waals surface area contributed by atoms with Gasteiger partial charge in [-0.15, -0.1) is 23.1 Å². The number of sulfonamides is 1. The molecule has 3 aromatic rings. The molecule has 0 saturated carbocycles. The molecule has 1 amide bonds. The van der Waals surface area contributed by atoms with Crippen molar-refractivity contribution in [1.29, 1.82) is 0 Å². The maximum absolute atomic E-state index is 12.2. The summed E-state index contributed by atoms with van der Waals surface area (Å²) in [6.45, 7) is 1.90. The molecular formula is C19H17ClN2O3S3. The predicted octanol–water partition coefficient (Wildman–Crippen LogP) is 5.24. The summed E-state index contributed by atoms with van der Waals surface area (Å²) < 4.78 is 27.2. The van der Waals surface area contributed by atoms with Crippen LogP contribution in [0.3, 0.4) is 0 Å². The van der Waals surface area contributed by atoms with Gasteiger partial charge in [-0.2, -0.15) is 0 Å². The first kappa shape index (κ1) is 20.7. The van der Waals surface area contributed by atoms with Crippen LogP contribution in [0.5, 0.6) is 0 Å². The molecule has 28 heavy (non-hydrogen) atoms. The molecule has 9 heteroatoms. The molecule has 2 N–H and O–H groups in total. The van der Waals surface area contributed by atoms with Gasteiger partial charge in [-0.3, -0.25) is 9.52 Å². The largest absolute Gasteiger partial charge is 0.325 e. The van der Waals surface area contributed by atoms with Crippen LogP contribution in [-0.4, -0.2) is 20.1 Å². The third kappa shape index (κ3) is 5.51. The second-order valence-electron chi connectivity index (χ2n) is 5.86. The fraction of sp³-hybridized carbons (Fsp3) is 0.105. The smallest absolute Gasteiger partial charge is 0.271 e. The lowest BCUT2D eigenvalue weighted by Gasteiger charge is -2.08. The lowest BCUT2D eigenvalue weighted by molar-refractivity contribution is -0.113. The molecule has 0 radical (unpaired) electrons. The van der Waals surface area contributed by atoms with Gasteiger partial charge in [0.2, 0.25) is 5.91 Å². The van der Waals surface area contributed by atoms with E-state index in [1.54, 1.807) is 53.9 Å². The summed E-state index contributed by atoms with van der Waals surface area (Å²) in [6.07, 6.45) is 0. The zero-order chi connectivity index (χ0) is 20.1. The van der Waals surface area contributed by atoms with Crippen LogP contribution in [0.1, 0.15) is 5.56 Å². The van der Waals surface area contributed by atoms with Gasteiger partial charge in [0, 0.05) is 21.3 Å². The molecule has 0 saturated heterocycles. The minimum Gasteiger partial charge on any atom is -0.325 e. The third-order valence-corrected chi connectivity index (χ3v) is 7.89. The maximum atomic E-state index is 12.2. The number of hydrogen-bond acceptors (Lipinski definition) is 5. The van der Waals surface area contributed by atoms with Gasteiger partial charge in [0.1, 0.15) is 4.21 Å². The van der Waals surface area contributed by atoms with E-state index in [0.717, 1.165) is 21.8 Å². The number of aryl methyl sites for hydroxylation is 1. The molecule has 0 aliphatic heterocycles. The van der Waals surface area contributed by atoms with Crippen molar-refractivity contribution in [2.45, 2.75) is 16.0 Å². The van der Waals surface area contributed by atoms with Gasteiger partial charge in [-0.05, 0) is 60.3 Å². The number of thiophene rings is 1. The Hall–Kier alpha value is -2.00. The number of anilines is 2. The van der Waals surface area contributed by atoms with Crippen molar-refractivity contribution in [3.05, 3.63) is 70.6 Å². The minimum absolute atomic E-state index is 0.146. The number of nitrogens with one attached hydrogen (secondary N) is 2. The van der Waals surface area contributed by atoms with Crippen LogP contribution < -0.4 is 10.0 Å². The summed E-state index contributed by atoms with van der Waals surface area (Å²) in [5.74, 6) is 0.0820. The SMILES string of the molecule is Cc1ccc(NC(=O)CSc2ccc(NS(=O)(=O)c3cccs3)cc2)cc1Cl. The highest BCUT2D eigenvalue weighted by Crippen LogP contribution is 2.24. The molecule has 0 aliphatic rings. The second-order valence-corrected chi connectivity index (χ2v) is 10.2. The number of carbonyl (C=O) groups is 1. The van der Waals surface area contributed by atoms with Crippen LogP contribution in [0, 0.1) is 6.92 Å². The van der Waals surface area contributed by atoms with Crippen molar-refractivity contribution >= 4 is 62.0 Å². The number of hydrogen-bond donors (Lipinski definition) is 2.